The zero-order valence-corrected chi connectivity index (χ0v) is 23.2. The van der Waals surface area contributed by atoms with Gasteiger partial charge in [0.05, 0.1) is 32.1 Å². The van der Waals surface area contributed by atoms with Gasteiger partial charge < -0.3 is 18.8 Å². The van der Waals surface area contributed by atoms with E-state index in [4.69, 9.17) is 14.2 Å². The van der Waals surface area contributed by atoms with Gasteiger partial charge in [0.15, 0.2) is 16.9 Å². The first-order valence-electron chi connectivity index (χ1n) is 12.6. The van der Waals surface area contributed by atoms with Gasteiger partial charge in [0.2, 0.25) is 0 Å². The molecule has 198 valence electrons. The molecule has 1 atom stereocenters. The summed E-state index contributed by atoms with van der Waals surface area (Å²) in [6.45, 7) is 3.59. The van der Waals surface area contributed by atoms with Crippen molar-refractivity contribution in [3.63, 3.8) is 0 Å². The van der Waals surface area contributed by atoms with Crippen LogP contribution in [0.5, 0.6) is 11.5 Å². The lowest BCUT2D eigenvalue weighted by Crippen LogP contribution is -2.26. The average molecular weight is 543 g/mol. The smallest absolute Gasteiger partial charge is 0.343 e. The molecule has 0 radical (unpaired) electrons. The molecular weight excluding hydrogens is 508 g/mol. The van der Waals surface area contributed by atoms with Crippen LogP contribution >= 0.6 is 23.3 Å². The van der Waals surface area contributed by atoms with Crippen molar-refractivity contribution in [2.75, 3.05) is 33.1 Å². The Morgan fingerprint density at radius 3 is 2.76 bits per heavy atom. The van der Waals surface area contributed by atoms with Crippen LogP contribution in [0.3, 0.4) is 0 Å². The highest BCUT2D eigenvalue weighted by atomic mass is 32.2. The summed E-state index contributed by atoms with van der Waals surface area (Å²) in [6, 6.07) is 9.58. The summed E-state index contributed by atoms with van der Waals surface area (Å²) in [7, 11) is 1.63. The van der Waals surface area contributed by atoms with Gasteiger partial charge in [-0.1, -0.05) is 30.9 Å². The molecule has 0 spiro atoms. The number of nitrogens with one attached hydrogen (secondary N) is 1. The van der Waals surface area contributed by atoms with Crippen molar-refractivity contribution in [2.24, 2.45) is 0 Å². The molecule has 37 heavy (non-hydrogen) atoms. The van der Waals surface area contributed by atoms with E-state index in [0.29, 0.717) is 24.5 Å². The molecule has 3 heterocycles. The highest BCUT2D eigenvalue weighted by Gasteiger charge is 2.29. The number of hydrogen-bond donors (Lipinski definition) is 1. The van der Waals surface area contributed by atoms with Gasteiger partial charge in [-0.2, -0.15) is 0 Å². The number of hydrogen-bond acceptors (Lipinski definition) is 8. The predicted molar refractivity (Wildman–Crippen MR) is 150 cm³/mol. The van der Waals surface area contributed by atoms with Crippen LogP contribution < -0.4 is 19.6 Å². The highest BCUT2D eigenvalue weighted by molar-refractivity contribution is 7.96. The Hall–Kier alpha value is -2.75. The van der Waals surface area contributed by atoms with E-state index in [-0.39, 0.29) is 23.6 Å². The fourth-order valence-electron chi connectivity index (χ4n) is 4.63. The van der Waals surface area contributed by atoms with E-state index in [9.17, 15) is 9.59 Å². The minimum absolute atomic E-state index is 0.0479. The molecule has 1 aliphatic heterocycles. The number of carbonyl (C=O) groups is 1. The summed E-state index contributed by atoms with van der Waals surface area (Å²) in [5.41, 5.74) is 2.44. The second kappa shape index (κ2) is 13.2. The quantitative estimate of drug-likeness (QED) is 0.168. The third-order valence-corrected chi connectivity index (χ3v) is 7.90. The lowest BCUT2D eigenvalue weighted by atomic mass is 9.91. The molecular formula is C28H34N2O5S2. The minimum atomic E-state index is -0.597. The van der Waals surface area contributed by atoms with Crippen LogP contribution in [0.2, 0.25) is 0 Å². The van der Waals surface area contributed by atoms with E-state index in [1.165, 1.54) is 12.5 Å². The molecule has 0 aliphatic carbocycles. The van der Waals surface area contributed by atoms with Gasteiger partial charge >= 0.3 is 5.97 Å². The number of ether oxygens (including phenoxy) is 3. The average Bonchev–Trinajstić information content (AvgIpc) is 3.44. The zero-order valence-electron chi connectivity index (χ0n) is 21.6. The van der Waals surface area contributed by atoms with E-state index < -0.39 is 5.97 Å². The molecule has 0 saturated heterocycles. The third-order valence-electron chi connectivity index (χ3n) is 6.44. The number of pyridine rings is 1. The fraction of sp³-hybridized carbons (Fsp3) is 0.429. The monoisotopic (exact) mass is 542 g/mol. The van der Waals surface area contributed by atoms with Crippen molar-refractivity contribution in [3.05, 3.63) is 68.1 Å². The predicted octanol–water partition coefficient (Wildman–Crippen LogP) is 5.71. The molecule has 1 aromatic carbocycles. The van der Waals surface area contributed by atoms with Crippen LogP contribution in [-0.2, 0) is 11.2 Å². The Bertz CT molecular complexity index is 1260. The van der Waals surface area contributed by atoms with Gasteiger partial charge in [0, 0.05) is 29.2 Å². The van der Waals surface area contributed by atoms with Crippen LogP contribution in [0.1, 0.15) is 59.4 Å². The second-order valence-corrected chi connectivity index (χ2v) is 10.5. The van der Waals surface area contributed by atoms with Crippen molar-refractivity contribution in [1.82, 2.24) is 9.29 Å². The van der Waals surface area contributed by atoms with Gasteiger partial charge in [-0.15, -0.1) is 11.3 Å². The molecule has 0 bridgehead atoms. The maximum absolute atomic E-state index is 12.9. The van der Waals surface area contributed by atoms with Gasteiger partial charge in [0.1, 0.15) is 5.56 Å². The zero-order chi connectivity index (χ0) is 26.2. The Labute approximate surface area is 226 Å². The standard InChI is InChI=1S/C28H34N2O5S2/c1-4-34-28(32)21-18-30-22(17-24(21)31)20-16-25(33-2)26(35-12-8-6-5-7-11-29-36-3)15-19(20)14-23(30)27-10-9-13-37-27/h9-10,13,15-18,23,29H,4-8,11-12,14H2,1-3H3. The molecule has 7 nitrogen and oxygen atoms in total. The van der Waals surface area contributed by atoms with Gasteiger partial charge in [-0.05, 0) is 61.6 Å². The highest BCUT2D eigenvalue weighted by Crippen LogP contribution is 2.43. The molecule has 3 aromatic rings. The number of aromatic nitrogens is 1. The summed E-state index contributed by atoms with van der Waals surface area (Å²) in [6.07, 6.45) is 8.81. The summed E-state index contributed by atoms with van der Waals surface area (Å²) >= 11 is 3.31. The lowest BCUT2D eigenvalue weighted by Gasteiger charge is -2.31. The molecule has 1 N–H and O–H groups in total. The normalized spacial score (nSPS) is 14.1. The number of carbonyl (C=O) groups excluding carboxylic acids is 1. The molecule has 1 unspecified atom stereocenters. The molecule has 0 amide bonds. The van der Waals surface area contributed by atoms with Crippen molar-refractivity contribution < 1.29 is 19.0 Å². The van der Waals surface area contributed by atoms with E-state index in [1.54, 1.807) is 43.5 Å². The number of fused-ring (bicyclic) bond motifs is 3. The second-order valence-electron chi connectivity index (χ2n) is 8.82. The van der Waals surface area contributed by atoms with Crippen LogP contribution in [0.15, 0.2) is 46.7 Å². The van der Waals surface area contributed by atoms with E-state index >= 15 is 0 Å². The van der Waals surface area contributed by atoms with Crippen molar-refractivity contribution >= 4 is 29.3 Å². The number of esters is 1. The molecule has 0 fully saturated rings. The van der Waals surface area contributed by atoms with Crippen molar-refractivity contribution in [3.8, 4) is 22.8 Å². The van der Waals surface area contributed by atoms with Gasteiger partial charge in [-0.3, -0.25) is 9.52 Å². The molecule has 0 saturated carbocycles. The number of nitrogens with zero attached hydrogens (tertiary/aromatic N) is 1. The Morgan fingerprint density at radius 2 is 2.03 bits per heavy atom. The first-order valence-corrected chi connectivity index (χ1v) is 14.7. The first-order chi connectivity index (χ1) is 18.1. The van der Waals surface area contributed by atoms with Gasteiger partial charge in [-0.25, -0.2) is 4.79 Å². The molecule has 9 heteroatoms. The SMILES string of the molecule is CCOC(=O)c1cn2c(cc1=O)-c1cc(OC)c(OCCCCCCNSC)cc1CC2c1cccs1. The van der Waals surface area contributed by atoms with Crippen LogP contribution in [0.4, 0.5) is 0 Å². The van der Waals surface area contributed by atoms with Crippen LogP contribution in [0, 0.1) is 0 Å². The number of benzene rings is 1. The third kappa shape index (κ3) is 6.40. The maximum Gasteiger partial charge on any atom is 0.343 e. The fourth-order valence-corrected chi connectivity index (χ4v) is 5.80. The minimum Gasteiger partial charge on any atom is -0.493 e. The van der Waals surface area contributed by atoms with E-state index in [0.717, 1.165) is 47.5 Å². The largest absolute Gasteiger partial charge is 0.493 e. The lowest BCUT2D eigenvalue weighted by molar-refractivity contribution is 0.0523. The molecule has 4 rings (SSSR count). The van der Waals surface area contributed by atoms with Crippen LogP contribution in [-0.4, -0.2) is 43.7 Å². The number of rotatable bonds is 13. The molecule has 1 aliphatic rings. The molecule has 2 aromatic heterocycles. The summed E-state index contributed by atoms with van der Waals surface area (Å²) in [4.78, 5) is 26.6. The van der Waals surface area contributed by atoms with Crippen molar-refractivity contribution in [1.29, 1.82) is 0 Å². The maximum atomic E-state index is 12.9. The topological polar surface area (TPSA) is 78.8 Å². The Balaban J connectivity index is 1.62. The van der Waals surface area contributed by atoms with E-state index in [2.05, 4.69) is 10.8 Å². The summed E-state index contributed by atoms with van der Waals surface area (Å²) < 4.78 is 22.3. The van der Waals surface area contributed by atoms with Gasteiger partial charge in [0.25, 0.3) is 0 Å². The first kappa shape index (κ1) is 27.3. The van der Waals surface area contributed by atoms with Crippen LogP contribution in [0.25, 0.3) is 11.3 Å². The number of methoxy groups -OCH3 is 1. The summed E-state index contributed by atoms with van der Waals surface area (Å²) in [5.74, 6) is 0.750. The number of unbranched alkanes of at least 4 members (excludes halogenated alkanes) is 3. The van der Waals surface area contributed by atoms with Crippen molar-refractivity contribution in [2.45, 2.75) is 45.1 Å². The Kier molecular flexibility index (Phi) is 9.71. The van der Waals surface area contributed by atoms with E-state index in [1.807, 2.05) is 34.4 Å². The number of thiophene rings is 1. The Morgan fingerprint density at radius 1 is 1.19 bits per heavy atom. The summed E-state index contributed by atoms with van der Waals surface area (Å²) in [5, 5.41) is 2.04.